The van der Waals surface area contributed by atoms with Crippen LogP contribution in [0.4, 0.5) is 0 Å². The fourth-order valence-electron chi connectivity index (χ4n) is 1.78. The summed E-state index contributed by atoms with van der Waals surface area (Å²) in [5, 5.41) is 2.83. The molecule has 3 nitrogen and oxygen atoms in total. The maximum atomic E-state index is 11.4. The highest BCUT2D eigenvalue weighted by Crippen LogP contribution is 2.10. The molecule has 16 heavy (non-hydrogen) atoms. The topological polar surface area (TPSA) is 37.8 Å². The highest BCUT2D eigenvalue weighted by atomic mass is 16.1. The van der Waals surface area contributed by atoms with E-state index in [0.29, 0.717) is 0 Å². The quantitative estimate of drug-likeness (QED) is 0.837. The minimum Gasteiger partial charge on any atom is -0.268 e. The Morgan fingerprint density at radius 1 is 1.25 bits per heavy atom. The number of hydrogen-bond donors (Lipinski definition) is 1. The van der Waals surface area contributed by atoms with E-state index < -0.39 is 0 Å². The zero-order valence-corrected chi connectivity index (χ0v) is 9.44. The van der Waals surface area contributed by atoms with E-state index in [1.807, 2.05) is 35.0 Å². The van der Waals surface area contributed by atoms with Gasteiger partial charge in [0.25, 0.3) is 5.56 Å². The molecule has 0 spiro atoms. The minimum atomic E-state index is -0.0324. The molecule has 1 aromatic carbocycles. The first-order valence-corrected chi connectivity index (χ1v) is 5.67. The van der Waals surface area contributed by atoms with E-state index in [0.717, 1.165) is 30.6 Å². The third-order valence-corrected chi connectivity index (χ3v) is 2.61. The molecule has 0 unspecified atom stereocenters. The molecule has 3 heteroatoms. The average Bonchev–Trinajstić information content (AvgIpc) is 2.69. The summed E-state index contributed by atoms with van der Waals surface area (Å²) in [6.07, 6.45) is 3.17. The lowest BCUT2D eigenvalue weighted by Crippen LogP contribution is -2.05. The molecule has 0 atom stereocenters. The van der Waals surface area contributed by atoms with Gasteiger partial charge in [0.15, 0.2) is 0 Å². The van der Waals surface area contributed by atoms with E-state index in [1.54, 1.807) is 6.07 Å². The fraction of sp³-hybridized carbons (Fsp3) is 0.308. The van der Waals surface area contributed by atoms with E-state index in [-0.39, 0.29) is 5.56 Å². The second-order valence-corrected chi connectivity index (χ2v) is 3.89. The molecule has 84 valence electrons. The van der Waals surface area contributed by atoms with Crippen LogP contribution in [0.1, 0.15) is 25.5 Å². The number of aryl methyl sites for hydroxylation is 1. The van der Waals surface area contributed by atoms with Crippen LogP contribution in [-0.2, 0) is 6.42 Å². The van der Waals surface area contributed by atoms with E-state index in [1.165, 1.54) is 0 Å². The van der Waals surface area contributed by atoms with Crippen molar-refractivity contribution in [2.75, 3.05) is 0 Å². The summed E-state index contributed by atoms with van der Waals surface area (Å²) in [5.41, 5.74) is 2.03. The first-order valence-electron chi connectivity index (χ1n) is 5.67. The SMILES string of the molecule is CCCCc1cc(=O)[nH]n1-c1ccccc1. The molecular weight excluding hydrogens is 200 g/mol. The second kappa shape index (κ2) is 4.84. The van der Waals surface area contributed by atoms with Gasteiger partial charge in [-0.2, -0.15) is 0 Å². The monoisotopic (exact) mass is 216 g/mol. The number of aromatic nitrogens is 2. The molecule has 0 aliphatic carbocycles. The number of benzene rings is 1. The summed E-state index contributed by atoms with van der Waals surface area (Å²) in [7, 11) is 0. The van der Waals surface area contributed by atoms with Crippen molar-refractivity contribution in [2.24, 2.45) is 0 Å². The van der Waals surface area contributed by atoms with Gasteiger partial charge in [0.1, 0.15) is 0 Å². The van der Waals surface area contributed by atoms with Crippen molar-refractivity contribution in [1.29, 1.82) is 0 Å². The molecule has 0 bridgehead atoms. The molecule has 0 radical (unpaired) electrons. The van der Waals surface area contributed by atoms with Crippen molar-refractivity contribution in [3.63, 3.8) is 0 Å². The Hall–Kier alpha value is -1.77. The van der Waals surface area contributed by atoms with Crippen molar-refractivity contribution in [2.45, 2.75) is 26.2 Å². The fourth-order valence-corrected chi connectivity index (χ4v) is 1.78. The van der Waals surface area contributed by atoms with Crippen LogP contribution in [-0.4, -0.2) is 9.78 Å². The van der Waals surface area contributed by atoms with Gasteiger partial charge in [-0.05, 0) is 25.0 Å². The van der Waals surface area contributed by atoms with Crippen LogP contribution in [0.15, 0.2) is 41.2 Å². The largest absolute Gasteiger partial charge is 0.268 e. The van der Waals surface area contributed by atoms with Crippen LogP contribution in [0.25, 0.3) is 5.69 Å². The molecule has 0 aliphatic rings. The van der Waals surface area contributed by atoms with E-state index in [2.05, 4.69) is 12.0 Å². The number of aromatic amines is 1. The third-order valence-electron chi connectivity index (χ3n) is 2.61. The molecule has 1 aromatic heterocycles. The van der Waals surface area contributed by atoms with Crippen molar-refractivity contribution in [3.05, 3.63) is 52.4 Å². The summed E-state index contributed by atoms with van der Waals surface area (Å²) >= 11 is 0. The van der Waals surface area contributed by atoms with Gasteiger partial charge in [0.2, 0.25) is 0 Å². The number of H-pyrrole nitrogens is 1. The predicted octanol–water partition coefficient (Wildman–Crippen LogP) is 2.51. The Morgan fingerprint density at radius 2 is 2.00 bits per heavy atom. The highest BCUT2D eigenvalue weighted by molar-refractivity contribution is 5.32. The smallest absolute Gasteiger partial charge is 0.264 e. The summed E-state index contributed by atoms with van der Waals surface area (Å²) in [5.74, 6) is 0. The van der Waals surface area contributed by atoms with Gasteiger partial charge in [0, 0.05) is 11.8 Å². The maximum Gasteiger partial charge on any atom is 0.264 e. The molecule has 1 N–H and O–H groups in total. The Morgan fingerprint density at radius 3 is 2.69 bits per heavy atom. The van der Waals surface area contributed by atoms with E-state index in [9.17, 15) is 4.79 Å². The van der Waals surface area contributed by atoms with E-state index in [4.69, 9.17) is 0 Å². The van der Waals surface area contributed by atoms with Gasteiger partial charge >= 0.3 is 0 Å². The number of unbranched alkanes of at least 4 members (excludes halogenated alkanes) is 1. The molecule has 0 saturated heterocycles. The Kier molecular flexibility index (Phi) is 3.25. The lowest BCUT2D eigenvalue weighted by Gasteiger charge is -2.07. The Bertz CT molecular complexity index is 496. The maximum absolute atomic E-state index is 11.4. The Balaban J connectivity index is 2.36. The first-order chi connectivity index (χ1) is 7.81. The zero-order chi connectivity index (χ0) is 11.4. The van der Waals surface area contributed by atoms with Crippen LogP contribution in [0.2, 0.25) is 0 Å². The van der Waals surface area contributed by atoms with Gasteiger partial charge in [0.05, 0.1) is 5.69 Å². The molecular formula is C13H16N2O. The van der Waals surface area contributed by atoms with Crippen LogP contribution < -0.4 is 5.56 Å². The third kappa shape index (κ3) is 2.24. The highest BCUT2D eigenvalue weighted by Gasteiger charge is 2.05. The van der Waals surface area contributed by atoms with Crippen molar-refractivity contribution < 1.29 is 0 Å². The predicted molar refractivity (Wildman–Crippen MR) is 65.0 cm³/mol. The molecule has 0 amide bonds. The van der Waals surface area contributed by atoms with Gasteiger partial charge < -0.3 is 0 Å². The van der Waals surface area contributed by atoms with Gasteiger partial charge in [-0.15, -0.1) is 0 Å². The summed E-state index contributed by atoms with van der Waals surface area (Å²) in [6, 6.07) is 11.6. The number of rotatable bonds is 4. The van der Waals surface area contributed by atoms with Crippen LogP contribution in [0, 0.1) is 0 Å². The molecule has 0 aliphatic heterocycles. The van der Waals surface area contributed by atoms with Crippen molar-refractivity contribution in [1.82, 2.24) is 9.78 Å². The minimum absolute atomic E-state index is 0.0324. The molecule has 2 rings (SSSR count). The van der Waals surface area contributed by atoms with Crippen molar-refractivity contribution >= 4 is 0 Å². The summed E-state index contributed by atoms with van der Waals surface area (Å²) in [4.78, 5) is 11.4. The average molecular weight is 216 g/mol. The summed E-state index contributed by atoms with van der Waals surface area (Å²) in [6.45, 7) is 2.15. The first kappa shape index (κ1) is 10.7. The number of hydrogen-bond acceptors (Lipinski definition) is 1. The van der Waals surface area contributed by atoms with Crippen molar-refractivity contribution in [3.8, 4) is 5.69 Å². The molecule has 0 saturated carbocycles. The van der Waals surface area contributed by atoms with E-state index >= 15 is 0 Å². The number of para-hydroxylation sites is 1. The van der Waals surface area contributed by atoms with Crippen LogP contribution in [0.3, 0.4) is 0 Å². The van der Waals surface area contributed by atoms with Crippen LogP contribution in [0.5, 0.6) is 0 Å². The summed E-state index contributed by atoms with van der Waals surface area (Å²) < 4.78 is 1.87. The lowest BCUT2D eigenvalue weighted by molar-refractivity contribution is 0.727. The molecule has 1 heterocycles. The zero-order valence-electron chi connectivity index (χ0n) is 9.44. The standard InChI is InChI=1S/C13H16N2O/c1-2-3-7-12-10-13(16)14-15(12)11-8-5-4-6-9-11/h4-6,8-10H,2-3,7H2,1H3,(H,14,16). The number of nitrogens with zero attached hydrogens (tertiary/aromatic N) is 1. The van der Waals surface area contributed by atoms with Gasteiger partial charge in [-0.3, -0.25) is 14.6 Å². The van der Waals surface area contributed by atoms with Gasteiger partial charge in [-0.1, -0.05) is 31.5 Å². The second-order valence-electron chi connectivity index (χ2n) is 3.89. The lowest BCUT2D eigenvalue weighted by atomic mass is 10.2. The van der Waals surface area contributed by atoms with Gasteiger partial charge in [-0.25, -0.2) is 0 Å². The van der Waals surface area contributed by atoms with Crippen LogP contribution >= 0.6 is 0 Å². The normalized spacial score (nSPS) is 10.6. The molecule has 0 fully saturated rings. The Labute approximate surface area is 94.7 Å². The number of nitrogens with one attached hydrogen (secondary N) is 1. The molecule has 2 aromatic rings.